The molecule has 1 aliphatic heterocycles. The van der Waals surface area contributed by atoms with E-state index in [-0.39, 0.29) is 18.8 Å². The molecule has 1 aliphatic rings. The zero-order valence-corrected chi connectivity index (χ0v) is 6.42. The highest BCUT2D eigenvalue weighted by atomic mass is 16.6. The van der Waals surface area contributed by atoms with E-state index in [0.717, 1.165) is 0 Å². The van der Waals surface area contributed by atoms with Gasteiger partial charge in [0.2, 0.25) is 0 Å². The first kappa shape index (κ1) is 8.14. The van der Waals surface area contributed by atoms with E-state index >= 15 is 0 Å². The van der Waals surface area contributed by atoms with Crippen molar-refractivity contribution in [3.63, 3.8) is 0 Å². The first-order valence-corrected chi connectivity index (χ1v) is 3.59. The SMILES string of the molecule is CC1OC1C#CC#CCCO. The van der Waals surface area contributed by atoms with Crippen LogP contribution in [0.25, 0.3) is 0 Å². The van der Waals surface area contributed by atoms with Crippen molar-refractivity contribution < 1.29 is 9.84 Å². The largest absolute Gasteiger partial charge is 0.395 e. The molecule has 1 N–H and O–H groups in total. The van der Waals surface area contributed by atoms with Crippen molar-refractivity contribution in [3.05, 3.63) is 0 Å². The number of hydrogen-bond donors (Lipinski definition) is 1. The van der Waals surface area contributed by atoms with Gasteiger partial charge < -0.3 is 9.84 Å². The molecule has 58 valence electrons. The van der Waals surface area contributed by atoms with Crippen LogP contribution in [0.15, 0.2) is 0 Å². The monoisotopic (exact) mass is 150 g/mol. The summed E-state index contributed by atoms with van der Waals surface area (Å²) >= 11 is 0. The van der Waals surface area contributed by atoms with Gasteiger partial charge in [-0.25, -0.2) is 0 Å². The van der Waals surface area contributed by atoms with Crippen molar-refractivity contribution in [2.24, 2.45) is 0 Å². The summed E-state index contributed by atoms with van der Waals surface area (Å²) in [6.07, 6.45) is 0.871. The van der Waals surface area contributed by atoms with Crippen LogP contribution < -0.4 is 0 Å². The molecule has 2 atom stereocenters. The topological polar surface area (TPSA) is 32.8 Å². The van der Waals surface area contributed by atoms with Crippen molar-refractivity contribution in [3.8, 4) is 23.7 Å². The predicted molar refractivity (Wildman–Crippen MR) is 41.6 cm³/mol. The Morgan fingerprint density at radius 2 is 2.18 bits per heavy atom. The highest BCUT2D eigenvalue weighted by molar-refractivity contribution is 5.29. The van der Waals surface area contributed by atoms with Crippen LogP contribution in [0.4, 0.5) is 0 Å². The van der Waals surface area contributed by atoms with Gasteiger partial charge in [-0.15, -0.1) is 0 Å². The zero-order chi connectivity index (χ0) is 8.10. The van der Waals surface area contributed by atoms with Gasteiger partial charge in [0.15, 0.2) is 0 Å². The van der Waals surface area contributed by atoms with Crippen LogP contribution in [-0.4, -0.2) is 23.9 Å². The fraction of sp³-hybridized carbons (Fsp3) is 0.556. The molecule has 1 fully saturated rings. The molecule has 2 unspecified atom stereocenters. The van der Waals surface area contributed by atoms with Gasteiger partial charge in [0.1, 0.15) is 6.10 Å². The Kier molecular flexibility index (Phi) is 2.98. The molecule has 0 spiro atoms. The van der Waals surface area contributed by atoms with E-state index in [2.05, 4.69) is 23.7 Å². The molecule has 2 heteroatoms. The van der Waals surface area contributed by atoms with Gasteiger partial charge in [0, 0.05) is 6.42 Å². The molecule has 11 heavy (non-hydrogen) atoms. The first-order chi connectivity index (χ1) is 5.34. The lowest BCUT2D eigenvalue weighted by molar-refractivity contribution is 0.305. The maximum Gasteiger partial charge on any atom is 0.145 e. The van der Waals surface area contributed by atoms with Crippen LogP contribution in [0.5, 0.6) is 0 Å². The lowest BCUT2D eigenvalue weighted by Gasteiger charge is -1.73. The summed E-state index contributed by atoms with van der Waals surface area (Å²) in [5.74, 6) is 10.8. The molecule has 0 bridgehead atoms. The Labute approximate surface area is 66.6 Å². The van der Waals surface area contributed by atoms with Gasteiger partial charge in [0.05, 0.1) is 12.7 Å². The first-order valence-electron chi connectivity index (χ1n) is 3.59. The fourth-order valence-corrected chi connectivity index (χ4v) is 0.607. The Bertz CT molecular complexity index is 236. The van der Waals surface area contributed by atoms with Gasteiger partial charge in [-0.05, 0) is 18.8 Å². The maximum atomic E-state index is 8.35. The van der Waals surface area contributed by atoms with Gasteiger partial charge in [-0.3, -0.25) is 0 Å². The minimum atomic E-state index is 0.0958. The number of aliphatic hydroxyl groups excluding tert-OH is 1. The molecular weight excluding hydrogens is 140 g/mol. The van der Waals surface area contributed by atoms with Crippen molar-refractivity contribution in [2.75, 3.05) is 6.61 Å². The number of rotatable bonds is 1. The third-order valence-corrected chi connectivity index (χ3v) is 1.31. The standard InChI is InChI=1S/C9H10O2/c1-8-9(11-8)6-4-2-3-5-7-10/h8-10H,5,7H2,1H3. The number of hydrogen-bond acceptors (Lipinski definition) is 2. The van der Waals surface area contributed by atoms with Crippen LogP contribution in [-0.2, 0) is 4.74 Å². The Morgan fingerprint density at radius 1 is 1.45 bits per heavy atom. The lowest BCUT2D eigenvalue weighted by Crippen LogP contribution is -1.80. The third kappa shape index (κ3) is 3.09. The summed E-state index contributed by atoms with van der Waals surface area (Å²) in [5, 5.41) is 8.35. The van der Waals surface area contributed by atoms with E-state index in [4.69, 9.17) is 9.84 Å². The Hall–Kier alpha value is -0.960. The second kappa shape index (κ2) is 4.03. The highest BCUT2D eigenvalue weighted by Crippen LogP contribution is 2.18. The number of ether oxygens (including phenoxy) is 1. The van der Waals surface area contributed by atoms with Crippen LogP contribution in [0.3, 0.4) is 0 Å². The van der Waals surface area contributed by atoms with Gasteiger partial charge >= 0.3 is 0 Å². The van der Waals surface area contributed by atoms with E-state index in [1.165, 1.54) is 0 Å². The molecular formula is C9H10O2. The van der Waals surface area contributed by atoms with Crippen LogP contribution in [0, 0.1) is 23.7 Å². The van der Waals surface area contributed by atoms with E-state index in [1.54, 1.807) is 0 Å². The minimum Gasteiger partial charge on any atom is -0.395 e. The average Bonchev–Trinajstić information content (AvgIpc) is 2.67. The summed E-state index contributed by atoms with van der Waals surface area (Å²) < 4.78 is 5.03. The zero-order valence-electron chi connectivity index (χ0n) is 6.42. The molecule has 0 radical (unpaired) electrons. The van der Waals surface area contributed by atoms with E-state index in [0.29, 0.717) is 6.42 Å². The van der Waals surface area contributed by atoms with Crippen molar-refractivity contribution in [2.45, 2.75) is 25.6 Å². The molecule has 0 saturated carbocycles. The van der Waals surface area contributed by atoms with Crippen LogP contribution in [0.2, 0.25) is 0 Å². The second-order valence-electron chi connectivity index (χ2n) is 2.31. The molecule has 1 rings (SSSR count). The van der Waals surface area contributed by atoms with Crippen molar-refractivity contribution >= 4 is 0 Å². The quantitative estimate of drug-likeness (QED) is 0.426. The smallest absolute Gasteiger partial charge is 0.145 e. The average molecular weight is 150 g/mol. The Balaban J connectivity index is 2.19. The van der Waals surface area contributed by atoms with Crippen molar-refractivity contribution in [1.82, 2.24) is 0 Å². The summed E-state index contributed by atoms with van der Waals surface area (Å²) in [5.41, 5.74) is 0. The molecule has 2 nitrogen and oxygen atoms in total. The fourth-order valence-electron chi connectivity index (χ4n) is 0.607. The molecule has 1 saturated heterocycles. The Morgan fingerprint density at radius 3 is 2.73 bits per heavy atom. The van der Waals surface area contributed by atoms with E-state index < -0.39 is 0 Å². The van der Waals surface area contributed by atoms with Gasteiger partial charge in [-0.2, -0.15) is 0 Å². The molecule has 0 amide bonds. The number of aliphatic hydroxyl groups is 1. The van der Waals surface area contributed by atoms with Crippen LogP contribution in [0.1, 0.15) is 13.3 Å². The minimum absolute atomic E-state index is 0.0958. The van der Waals surface area contributed by atoms with E-state index in [1.807, 2.05) is 6.92 Å². The second-order valence-corrected chi connectivity index (χ2v) is 2.31. The van der Waals surface area contributed by atoms with Gasteiger partial charge in [0.25, 0.3) is 0 Å². The molecule has 1 heterocycles. The summed E-state index contributed by atoms with van der Waals surface area (Å²) in [7, 11) is 0. The third-order valence-electron chi connectivity index (χ3n) is 1.31. The normalized spacial score (nSPS) is 26.0. The predicted octanol–water partition coefficient (Wildman–Crippen LogP) is 0.163. The number of epoxide rings is 1. The molecule has 0 aromatic carbocycles. The lowest BCUT2D eigenvalue weighted by atomic mass is 10.3. The molecule has 0 aromatic heterocycles. The summed E-state index contributed by atoms with van der Waals surface area (Å²) in [4.78, 5) is 0. The van der Waals surface area contributed by atoms with Gasteiger partial charge in [-0.1, -0.05) is 11.8 Å². The van der Waals surface area contributed by atoms with Crippen LogP contribution >= 0.6 is 0 Å². The summed E-state index contributed by atoms with van der Waals surface area (Å²) in [6.45, 7) is 2.07. The maximum absolute atomic E-state index is 8.35. The molecule has 0 aliphatic carbocycles. The van der Waals surface area contributed by atoms with Crippen molar-refractivity contribution in [1.29, 1.82) is 0 Å². The highest BCUT2D eigenvalue weighted by Gasteiger charge is 2.31. The summed E-state index contributed by atoms with van der Waals surface area (Å²) in [6, 6.07) is 0. The molecule has 0 aromatic rings. The van der Waals surface area contributed by atoms with E-state index in [9.17, 15) is 0 Å².